The van der Waals surface area contributed by atoms with Crippen LogP contribution in [0.25, 0.3) is 21.3 Å². The van der Waals surface area contributed by atoms with Crippen LogP contribution in [0.1, 0.15) is 17.1 Å². The first-order chi connectivity index (χ1) is 13.6. The summed E-state index contributed by atoms with van der Waals surface area (Å²) in [6.45, 7) is 2.61. The van der Waals surface area contributed by atoms with E-state index in [-0.39, 0.29) is 24.4 Å². The van der Waals surface area contributed by atoms with Crippen molar-refractivity contribution < 1.29 is 9.21 Å². The monoisotopic (exact) mass is 393 g/mol. The maximum absolute atomic E-state index is 13.1. The SMILES string of the molecule is Cc1sc2ncn(CCC(=O)NCc3ccco3)c(=O)c2c1-c1ccccc1. The van der Waals surface area contributed by atoms with Gasteiger partial charge < -0.3 is 9.73 Å². The first-order valence-corrected chi connectivity index (χ1v) is 9.78. The molecular weight excluding hydrogens is 374 g/mol. The highest BCUT2D eigenvalue weighted by Gasteiger charge is 2.17. The van der Waals surface area contributed by atoms with E-state index in [0.717, 1.165) is 20.8 Å². The fraction of sp³-hybridized carbons (Fsp3) is 0.190. The summed E-state index contributed by atoms with van der Waals surface area (Å²) in [5.41, 5.74) is 1.81. The second-order valence-electron chi connectivity index (χ2n) is 6.43. The fourth-order valence-electron chi connectivity index (χ4n) is 3.16. The van der Waals surface area contributed by atoms with E-state index in [1.54, 1.807) is 18.4 Å². The highest BCUT2D eigenvalue weighted by Crippen LogP contribution is 2.35. The van der Waals surface area contributed by atoms with Crippen molar-refractivity contribution in [2.75, 3.05) is 0 Å². The van der Waals surface area contributed by atoms with Crippen LogP contribution in [0.15, 0.2) is 64.3 Å². The Hall–Kier alpha value is -3.19. The second-order valence-corrected chi connectivity index (χ2v) is 7.63. The summed E-state index contributed by atoms with van der Waals surface area (Å²) in [6.07, 6.45) is 3.28. The Morgan fingerprint density at radius 1 is 1.21 bits per heavy atom. The van der Waals surface area contributed by atoms with Gasteiger partial charge in [0.15, 0.2) is 0 Å². The van der Waals surface area contributed by atoms with Crippen LogP contribution in [0.2, 0.25) is 0 Å². The molecule has 0 spiro atoms. The van der Waals surface area contributed by atoms with Crippen molar-refractivity contribution in [3.8, 4) is 11.1 Å². The van der Waals surface area contributed by atoms with Crippen LogP contribution in [-0.4, -0.2) is 15.5 Å². The van der Waals surface area contributed by atoms with Gasteiger partial charge in [-0.25, -0.2) is 4.98 Å². The minimum absolute atomic E-state index is 0.118. The number of hydrogen-bond donors (Lipinski definition) is 1. The molecule has 142 valence electrons. The Balaban J connectivity index is 1.56. The molecule has 4 rings (SSSR count). The Labute approximate surface area is 165 Å². The summed E-state index contributed by atoms with van der Waals surface area (Å²) >= 11 is 1.51. The van der Waals surface area contributed by atoms with Gasteiger partial charge in [0.05, 0.1) is 24.5 Å². The molecule has 1 N–H and O–H groups in total. The van der Waals surface area contributed by atoms with Crippen LogP contribution in [0.3, 0.4) is 0 Å². The zero-order valence-corrected chi connectivity index (χ0v) is 16.2. The number of hydrogen-bond acceptors (Lipinski definition) is 5. The molecule has 1 amide bonds. The summed E-state index contributed by atoms with van der Waals surface area (Å²) in [5, 5.41) is 3.40. The normalized spacial score (nSPS) is 11.0. The molecule has 3 aromatic heterocycles. The van der Waals surface area contributed by atoms with Crippen LogP contribution in [0.5, 0.6) is 0 Å². The predicted octanol–water partition coefficient (Wildman–Crippen LogP) is 3.73. The van der Waals surface area contributed by atoms with Crippen molar-refractivity contribution in [1.82, 2.24) is 14.9 Å². The number of carbonyl (C=O) groups is 1. The summed E-state index contributed by atoms with van der Waals surface area (Å²) in [6, 6.07) is 13.4. The van der Waals surface area contributed by atoms with Crippen LogP contribution < -0.4 is 10.9 Å². The molecule has 0 aliphatic rings. The van der Waals surface area contributed by atoms with Crippen LogP contribution in [0, 0.1) is 6.92 Å². The molecule has 0 aliphatic carbocycles. The Morgan fingerprint density at radius 3 is 2.79 bits per heavy atom. The molecule has 4 aromatic rings. The number of carbonyl (C=O) groups excluding carboxylic acids is 1. The average molecular weight is 393 g/mol. The first-order valence-electron chi connectivity index (χ1n) is 8.96. The van der Waals surface area contributed by atoms with E-state index in [1.165, 1.54) is 22.2 Å². The number of furan rings is 1. The maximum Gasteiger partial charge on any atom is 0.262 e. The van der Waals surface area contributed by atoms with Crippen molar-refractivity contribution in [2.24, 2.45) is 0 Å². The second kappa shape index (κ2) is 7.82. The number of aromatic nitrogens is 2. The molecule has 7 heteroatoms. The highest BCUT2D eigenvalue weighted by atomic mass is 32.1. The number of amides is 1. The molecule has 0 saturated carbocycles. The summed E-state index contributed by atoms with van der Waals surface area (Å²) in [5.74, 6) is 0.544. The smallest absolute Gasteiger partial charge is 0.262 e. The van der Waals surface area contributed by atoms with Gasteiger partial charge in [0, 0.05) is 23.4 Å². The third kappa shape index (κ3) is 3.61. The largest absolute Gasteiger partial charge is 0.467 e. The molecule has 0 fully saturated rings. The van der Waals surface area contributed by atoms with E-state index in [4.69, 9.17) is 4.42 Å². The molecule has 28 heavy (non-hydrogen) atoms. The summed E-state index contributed by atoms with van der Waals surface area (Å²) in [4.78, 5) is 31.4. The summed E-state index contributed by atoms with van der Waals surface area (Å²) < 4.78 is 6.70. The van der Waals surface area contributed by atoms with E-state index >= 15 is 0 Å². The molecule has 6 nitrogen and oxygen atoms in total. The van der Waals surface area contributed by atoms with Crippen molar-refractivity contribution in [2.45, 2.75) is 26.4 Å². The molecule has 3 heterocycles. The van der Waals surface area contributed by atoms with Gasteiger partial charge in [0.2, 0.25) is 5.91 Å². The first kappa shape index (κ1) is 18.2. The number of thiophene rings is 1. The van der Waals surface area contributed by atoms with E-state index in [1.807, 2.05) is 37.3 Å². The number of aryl methyl sites for hydroxylation is 2. The van der Waals surface area contributed by atoms with Gasteiger partial charge in [-0.3, -0.25) is 14.2 Å². The molecule has 0 radical (unpaired) electrons. The summed E-state index contributed by atoms with van der Waals surface area (Å²) in [7, 11) is 0. The van der Waals surface area contributed by atoms with Crippen molar-refractivity contribution in [3.63, 3.8) is 0 Å². The minimum atomic E-state index is -0.145. The lowest BCUT2D eigenvalue weighted by atomic mass is 10.0. The molecular formula is C21H19N3O3S. The van der Waals surface area contributed by atoms with Gasteiger partial charge in [-0.2, -0.15) is 0 Å². The maximum atomic E-state index is 13.1. The van der Waals surface area contributed by atoms with E-state index < -0.39 is 0 Å². The van der Waals surface area contributed by atoms with Crippen LogP contribution in [0.4, 0.5) is 0 Å². The van der Waals surface area contributed by atoms with Crippen LogP contribution >= 0.6 is 11.3 Å². The van der Waals surface area contributed by atoms with E-state index in [0.29, 0.717) is 17.7 Å². The number of benzene rings is 1. The van der Waals surface area contributed by atoms with Crippen LogP contribution in [-0.2, 0) is 17.9 Å². The molecule has 1 aromatic carbocycles. The topological polar surface area (TPSA) is 77.1 Å². The van der Waals surface area contributed by atoms with Gasteiger partial charge in [0.25, 0.3) is 5.56 Å². The molecule has 0 atom stereocenters. The lowest BCUT2D eigenvalue weighted by Gasteiger charge is -2.07. The fourth-order valence-corrected chi connectivity index (χ4v) is 4.16. The van der Waals surface area contributed by atoms with Gasteiger partial charge in [0.1, 0.15) is 10.6 Å². The number of nitrogens with one attached hydrogen (secondary N) is 1. The lowest BCUT2D eigenvalue weighted by molar-refractivity contribution is -0.121. The number of nitrogens with zero attached hydrogens (tertiary/aromatic N) is 2. The van der Waals surface area contributed by atoms with Gasteiger partial charge in [-0.15, -0.1) is 11.3 Å². The van der Waals surface area contributed by atoms with Gasteiger partial charge in [-0.05, 0) is 24.6 Å². The Morgan fingerprint density at radius 2 is 2.04 bits per heavy atom. The van der Waals surface area contributed by atoms with Crippen molar-refractivity contribution >= 4 is 27.5 Å². The lowest BCUT2D eigenvalue weighted by Crippen LogP contribution is -2.27. The van der Waals surface area contributed by atoms with E-state index in [9.17, 15) is 9.59 Å². The predicted molar refractivity (Wildman–Crippen MR) is 109 cm³/mol. The van der Waals surface area contributed by atoms with E-state index in [2.05, 4.69) is 10.3 Å². The average Bonchev–Trinajstić information content (AvgIpc) is 3.34. The van der Waals surface area contributed by atoms with Crippen molar-refractivity contribution in [1.29, 1.82) is 0 Å². The molecule has 0 aliphatic heterocycles. The third-order valence-corrected chi connectivity index (χ3v) is 5.55. The van der Waals surface area contributed by atoms with Crippen molar-refractivity contribution in [3.05, 3.63) is 76.0 Å². The highest BCUT2D eigenvalue weighted by molar-refractivity contribution is 7.19. The third-order valence-electron chi connectivity index (χ3n) is 4.54. The molecule has 0 bridgehead atoms. The minimum Gasteiger partial charge on any atom is -0.467 e. The zero-order valence-electron chi connectivity index (χ0n) is 15.3. The standard InChI is InChI=1S/C21H19N3O3S/c1-14-18(15-6-3-2-4-7-15)19-20(28-14)23-13-24(21(19)26)10-9-17(25)22-12-16-8-5-11-27-16/h2-8,11,13H,9-10,12H2,1H3,(H,22,25). The Bertz CT molecular complexity index is 1160. The van der Waals surface area contributed by atoms with Gasteiger partial charge >= 0.3 is 0 Å². The molecule has 0 unspecified atom stereocenters. The number of rotatable bonds is 6. The quantitative estimate of drug-likeness (QED) is 0.541. The molecule has 0 saturated heterocycles. The number of fused-ring (bicyclic) bond motifs is 1. The Kier molecular flexibility index (Phi) is 5.08. The van der Waals surface area contributed by atoms with Gasteiger partial charge in [-0.1, -0.05) is 30.3 Å². The zero-order chi connectivity index (χ0) is 19.5.